The second-order valence-electron chi connectivity index (χ2n) is 6.26. The maximum Gasteiger partial charge on any atom is 0.418 e. The number of alkyl halides is 6. The van der Waals surface area contributed by atoms with E-state index in [1.807, 2.05) is 31.2 Å². The van der Waals surface area contributed by atoms with Gasteiger partial charge in [0, 0.05) is 23.1 Å². The van der Waals surface area contributed by atoms with Gasteiger partial charge in [0.15, 0.2) is 0 Å². The molecule has 3 rings (SSSR count). The lowest BCUT2D eigenvalue weighted by atomic mass is 9.99. The van der Waals surface area contributed by atoms with Crippen LogP contribution in [0.1, 0.15) is 27.3 Å². The quantitative estimate of drug-likeness (QED) is 0.400. The van der Waals surface area contributed by atoms with Gasteiger partial charge in [0.05, 0.1) is 21.8 Å². The van der Waals surface area contributed by atoms with E-state index in [9.17, 15) is 26.3 Å². The van der Waals surface area contributed by atoms with E-state index in [1.54, 1.807) is 5.38 Å². The van der Waals surface area contributed by atoms with Crippen molar-refractivity contribution in [3.8, 4) is 11.3 Å². The van der Waals surface area contributed by atoms with Crippen molar-refractivity contribution in [2.75, 3.05) is 5.73 Å². The number of benzene rings is 2. The third-order valence-electron chi connectivity index (χ3n) is 4.13. The minimum Gasteiger partial charge on any atom is -0.398 e. The molecule has 0 aliphatic rings. The highest BCUT2D eigenvalue weighted by atomic mass is 32.1. The second-order valence-corrected chi connectivity index (χ2v) is 7.20. The second kappa shape index (κ2) is 7.12. The van der Waals surface area contributed by atoms with Crippen LogP contribution in [0, 0.1) is 6.92 Å². The van der Waals surface area contributed by atoms with Crippen LogP contribution >= 0.6 is 11.3 Å². The van der Waals surface area contributed by atoms with Gasteiger partial charge in [0.25, 0.3) is 0 Å². The maximum absolute atomic E-state index is 13.3. The van der Waals surface area contributed by atoms with Gasteiger partial charge in [0.1, 0.15) is 0 Å². The number of aromatic nitrogens is 1. The Hall–Kier alpha value is -2.55. The molecule has 0 aliphatic carbocycles. The molecule has 148 valence electrons. The molecule has 1 aromatic heterocycles. The molecule has 0 radical (unpaired) electrons. The Bertz CT molecular complexity index is 987. The molecule has 0 fully saturated rings. The smallest absolute Gasteiger partial charge is 0.398 e. The first-order valence-electron chi connectivity index (χ1n) is 8.03. The molecule has 0 saturated heterocycles. The molecule has 0 amide bonds. The molecule has 0 saturated carbocycles. The Morgan fingerprint density at radius 3 is 2.11 bits per heavy atom. The summed E-state index contributed by atoms with van der Waals surface area (Å²) >= 11 is 1.09. The number of anilines is 1. The van der Waals surface area contributed by atoms with Crippen LogP contribution in [0.25, 0.3) is 11.3 Å². The van der Waals surface area contributed by atoms with E-state index in [0.29, 0.717) is 17.8 Å². The number of aryl methyl sites for hydroxylation is 1. The summed E-state index contributed by atoms with van der Waals surface area (Å²) in [5.41, 5.74) is 3.65. The van der Waals surface area contributed by atoms with Gasteiger partial charge in [-0.25, -0.2) is 4.98 Å². The van der Waals surface area contributed by atoms with Gasteiger partial charge >= 0.3 is 12.4 Å². The first-order valence-corrected chi connectivity index (χ1v) is 8.91. The molecule has 0 atom stereocenters. The van der Waals surface area contributed by atoms with Gasteiger partial charge in [0.2, 0.25) is 0 Å². The summed E-state index contributed by atoms with van der Waals surface area (Å²) in [5, 5.41) is 1.94. The lowest BCUT2D eigenvalue weighted by molar-refractivity contribution is -0.141. The van der Waals surface area contributed by atoms with Crippen LogP contribution in [-0.2, 0) is 18.8 Å². The molecule has 9 heteroatoms. The average Bonchev–Trinajstić information content (AvgIpc) is 3.03. The third kappa shape index (κ3) is 4.30. The molecule has 2 N–H and O–H groups in total. The SMILES string of the molecule is Cc1ccc(-c2csc(Cc3cc(C(F)(F)F)c(N)cc3C(F)(F)F)n2)cc1. The number of nitrogens with zero attached hydrogens (tertiary/aromatic N) is 1. The Morgan fingerprint density at radius 2 is 1.54 bits per heavy atom. The molecule has 3 aromatic rings. The fourth-order valence-corrected chi connectivity index (χ4v) is 3.56. The molecular formula is C19H14F6N2S. The number of nitrogens with two attached hydrogens (primary N) is 1. The van der Waals surface area contributed by atoms with E-state index in [2.05, 4.69) is 4.98 Å². The first kappa shape index (κ1) is 20.2. The predicted molar refractivity (Wildman–Crippen MR) is 96.0 cm³/mol. The Morgan fingerprint density at radius 1 is 0.929 bits per heavy atom. The molecule has 0 bridgehead atoms. The first-order chi connectivity index (χ1) is 12.9. The van der Waals surface area contributed by atoms with Crippen LogP contribution in [0.15, 0.2) is 41.8 Å². The number of hydrogen-bond donors (Lipinski definition) is 1. The van der Waals surface area contributed by atoms with E-state index in [-0.39, 0.29) is 11.4 Å². The number of thiazole rings is 1. The van der Waals surface area contributed by atoms with Crippen LogP contribution in [0.3, 0.4) is 0 Å². The molecule has 2 aromatic carbocycles. The van der Waals surface area contributed by atoms with Crippen molar-refractivity contribution in [3.63, 3.8) is 0 Å². The summed E-state index contributed by atoms with van der Waals surface area (Å²) in [6.07, 6.45) is -10.1. The van der Waals surface area contributed by atoms with Crippen molar-refractivity contribution < 1.29 is 26.3 Å². The van der Waals surface area contributed by atoms with Gasteiger partial charge in [-0.2, -0.15) is 26.3 Å². The molecular weight excluding hydrogens is 402 g/mol. The van der Waals surface area contributed by atoms with Crippen LogP contribution in [0.5, 0.6) is 0 Å². The van der Waals surface area contributed by atoms with E-state index >= 15 is 0 Å². The van der Waals surface area contributed by atoms with E-state index in [1.165, 1.54) is 0 Å². The summed E-state index contributed by atoms with van der Waals surface area (Å²) in [5.74, 6) is 0. The molecule has 0 aliphatic heterocycles. The molecule has 0 unspecified atom stereocenters. The summed E-state index contributed by atoms with van der Waals surface area (Å²) < 4.78 is 79.2. The van der Waals surface area contributed by atoms with E-state index in [4.69, 9.17) is 5.73 Å². The van der Waals surface area contributed by atoms with Gasteiger partial charge < -0.3 is 5.73 Å². The topological polar surface area (TPSA) is 38.9 Å². The molecule has 2 nitrogen and oxygen atoms in total. The summed E-state index contributed by atoms with van der Waals surface area (Å²) in [7, 11) is 0. The lowest BCUT2D eigenvalue weighted by Gasteiger charge is -2.17. The van der Waals surface area contributed by atoms with Gasteiger partial charge in [-0.1, -0.05) is 29.8 Å². The summed E-state index contributed by atoms with van der Waals surface area (Å²) in [4.78, 5) is 4.28. The summed E-state index contributed by atoms with van der Waals surface area (Å²) in [6.45, 7) is 1.91. The number of nitrogen functional groups attached to an aromatic ring is 1. The van der Waals surface area contributed by atoms with E-state index < -0.39 is 34.7 Å². The summed E-state index contributed by atoms with van der Waals surface area (Å²) in [6, 6.07) is 8.18. The van der Waals surface area contributed by atoms with Crippen LogP contribution in [-0.4, -0.2) is 4.98 Å². The molecule has 1 heterocycles. The fraction of sp³-hybridized carbons (Fsp3) is 0.211. The van der Waals surface area contributed by atoms with E-state index in [0.717, 1.165) is 22.5 Å². The lowest BCUT2D eigenvalue weighted by Crippen LogP contribution is -2.15. The number of halogens is 6. The Labute approximate surface area is 160 Å². The Kier molecular flexibility index (Phi) is 5.14. The third-order valence-corrected chi connectivity index (χ3v) is 4.98. The largest absolute Gasteiger partial charge is 0.418 e. The highest BCUT2D eigenvalue weighted by Crippen LogP contribution is 2.41. The van der Waals surface area contributed by atoms with Gasteiger partial charge in [-0.3, -0.25) is 0 Å². The molecule has 0 spiro atoms. The standard InChI is InChI=1S/C19H14F6N2S/c1-10-2-4-11(5-3-10)16-9-28-17(27-16)7-12-6-14(19(23,24)25)15(26)8-13(12)18(20,21)22/h2-6,8-9H,7,26H2,1H3. The minimum atomic E-state index is -4.85. The van der Waals surface area contributed by atoms with Crippen molar-refractivity contribution in [2.45, 2.75) is 25.7 Å². The number of rotatable bonds is 3. The van der Waals surface area contributed by atoms with Crippen molar-refractivity contribution >= 4 is 17.0 Å². The Balaban J connectivity index is 2.00. The average molecular weight is 416 g/mol. The highest BCUT2D eigenvalue weighted by Gasteiger charge is 2.39. The zero-order chi connectivity index (χ0) is 20.7. The molecule has 28 heavy (non-hydrogen) atoms. The normalized spacial score (nSPS) is 12.4. The zero-order valence-corrected chi connectivity index (χ0v) is 15.3. The van der Waals surface area contributed by atoms with Crippen molar-refractivity contribution in [1.29, 1.82) is 0 Å². The monoisotopic (exact) mass is 416 g/mol. The predicted octanol–water partition coefficient (Wildman–Crippen LogP) is 6.33. The zero-order valence-electron chi connectivity index (χ0n) is 14.4. The van der Waals surface area contributed by atoms with Crippen molar-refractivity contribution in [1.82, 2.24) is 4.98 Å². The van der Waals surface area contributed by atoms with Crippen molar-refractivity contribution in [2.24, 2.45) is 0 Å². The number of hydrogen-bond acceptors (Lipinski definition) is 3. The van der Waals surface area contributed by atoms with Crippen molar-refractivity contribution in [3.05, 3.63) is 69.0 Å². The minimum absolute atomic E-state index is 0.277. The van der Waals surface area contributed by atoms with Crippen LogP contribution < -0.4 is 5.73 Å². The maximum atomic E-state index is 13.3. The fourth-order valence-electron chi connectivity index (χ4n) is 2.73. The van der Waals surface area contributed by atoms with Gasteiger partial charge in [-0.15, -0.1) is 11.3 Å². The van der Waals surface area contributed by atoms with Gasteiger partial charge in [-0.05, 0) is 24.6 Å². The van der Waals surface area contributed by atoms with Crippen LogP contribution in [0.2, 0.25) is 0 Å². The highest BCUT2D eigenvalue weighted by molar-refractivity contribution is 7.10. The van der Waals surface area contributed by atoms with Crippen LogP contribution in [0.4, 0.5) is 32.0 Å².